The van der Waals surface area contributed by atoms with Crippen LogP contribution in [0.15, 0.2) is 158 Å². The monoisotopic (exact) mass is 622 g/mol. The number of fused-ring (bicyclic) bond motifs is 4. The molecular weight excluding hydrogens is 597 g/mol. The molecule has 0 spiro atoms. The van der Waals surface area contributed by atoms with Crippen LogP contribution in [0.5, 0.6) is 0 Å². The molecule has 9 aromatic carbocycles. The normalized spacial score (nSPS) is 12.1. The van der Waals surface area contributed by atoms with Crippen molar-refractivity contribution in [3.63, 3.8) is 0 Å². The molecule has 0 fully saturated rings. The zero-order chi connectivity index (χ0) is 32.1. The minimum atomic E-state index is 0.607. The zero-order valence-corrected chi connectivity index (χ0v) is 26.3. The summed E-state index contributed by atoms with van der Waals surface area (Å²) in [5.41, 5.74) is 6.41. The SMILES string of the molecule is c1ccc(-c2ccc(-c3nc(-c4ccccc4)nc(-n4c5cccc6c7cccc8c9ccccc9c9ccc4c(c9c87)c65)n3)cc2)cc1. The largest absolute Gasteiger partial charge is 0.278 e. The predicted octanol–water partition coefficient (Wildman–Crippen LogP) is 11.5. The fraction of sp³-hybridized carbons (Fsp3) is 0. The summed E-state index contributed by atoms with van der Waals surface area (Å²) in [4.78, 5) is 15.5. The molecule has 4 heteroatoms. The van der Waals surface area contributed by atoms with E-state index in [0.29, 0.717) is 17.6 Å². The Morgan fingerprint density at radius 2 is 0.755 bits per heavy atom. The van der Waals surface area contributed by atoms with E-state index in [0.717, 1.165) is 27.7 Å². The summed E-state index contributed by atoms with van der Waals surface area (Å²) in [7, 11) is 0. The van der Waals surface area contributed by atoms with Gasteiger partial charge in [-0.3, -0.25) is 4.57 Å². The van der Waals surface area contributed by atoms with Gasteiger partial charge in [0.15, 0.2) is 11.6 Å². The van der Waals surface area contributed by atoms with Crippen LogP contribution in [0.1, 0.15) is 0 Å². The van der Waals surface area contributed by atoms with Crippen molar-refractivity contribution < 1.29 is 0 Å². The lowest BCUT2D eigenvalue weighted by atomic mass is 9.86. The summed E-state index contributed by atoms with van der Waals surface area (Å²) in [6, 6.07) is 55.9. The molecule has 0 aliphatic heterocycles. The van der Waals surface area contributed by atoms with Gasteiger partial charge >= 0.3 is 0 Å². The number of rotatable bonds is 4. The van der Waals surface area contributed by atoms with Gasteiger partial charge in [-0.25, -0.2) is 4.98 Å². The number of hydrogen-bond acceptors (Lipinski definition) is 3. The Hall–Kier alpha value is -6.65. The highest BCUT2D eigenvalue weighted by atomic mass is 15.2. The number of aromatic nitrogens is 4. The van der Waals surface area contributed by atoms with Crippen LogP contribution in [-0.2, 0) is 0 Å². The van der Waals surface area contributed by atoms with Crippen LogP contribution in [-0.4, -0.2) is 19.5 Å². The van der Waals surface area contributed by atoms with Crippen molar-refractivity contribution in [3.05, 3.63) is 158 Å². The highest BCUT2D eigenvalue weighted by Crippen LogP contribution is 2.49. The minimum Gasteiger partial charge on any atom is -0.278 e. The number of benzene rings is 9. The molecule has 0 radical (unpaired) electrons. The Bertz CT molecular complexity index is 3020. The molecule has 0 saturated carbocycles. The van der Waals surface area contributed by atoms with Crippen molar-refractivity contribution in [1.82, 2.24) is 19.5 Å². The predicted molar refractivity (Wildman–Crippen MR) is 203 cm³/mol. The molecule has 226 valence electrons. The smallest absolute Gasteiger partial charge is 0.238 e. The Morgan fingerprint density at radius 3 is 1.45 bits per heavy atom. The molecule has 49 heavy (non-hydrogen) atoms. The van der Waals surface area contributed by atoms with Gasteiger partial charge in [-0.05, 0) is 61.0 Å². The van der Waals surface area contributed by atoms with Crippen LogP contribution in [0.2, 0.25) is 0 Å². The first-order valence-corrected chi connectivity index (χ1v) is 16.6. The average Bonchev–Trinajstić information content (AvgIpc) is 3.53. The lowest BCUT2D eigenvalue weighted by Gasteiger charge is -2.16. The van der Waals surface area contributed by atoms with E-state index in [9.17, 15) is 0 Å². The van der Waals surface area contributed by atoms with Crippen molar-refractivity contribution in [1.29, 1.82) is 0 Å². The van der Waals surface area contributed by atoms with E-state index in [4.69, 9.17) is 15.0 Å². The van der Waals surface area contributed by atoms with Crippen LogP contribution < -0.4 is 0 Å². The second kappa shape index (κ2) is 9.93. The van der Waals surface area contributed by atoms with Crippen molar-refractivity contribution in [2.75, 3.05) is 0 Å². The van der Waals surface area contributed by atoms with E-state index in [-0.39, 0.29) is 0 Å². The van der Waals surface area contributed by atoms with Crippen molar-refractivity contribution in [2.24, 2.45) is 0 Å². The van der Waals surface area contributed by atoms with E-state index in [1.165, 1.54) is 59.4 Å². The van der Waals surface area contributed by atoms with Crippen LogP contribution in [0.4, 0.5) is 0 Å². The molecule has 0 aliphatic rings. The van der Waals surface area contributed by atoms with Crippen molar-refractivity contribution >= 4 is 64.9 Å². The van der Waals surface area contributed by atoms with Crippen LogP contribution >= 0.6 is 0 Å². The molecule has 2 heterocycles. The fourth-order valence-corrected chi connectivity index (χ4v) is 8.05. The molecule has 11 rings (SSSR count). The first-order valence-electron chi connectivity index (χ1n) is 16.6. The molecule has 2 aromatic heterocycles. The molecule has 0 bridgehead atoms. The second-order valence-corrected chi connectivity index (χ2v) is 12.8. The molecule has 0 N–H and O–H groups in total. The summed E-state index contributed by atoms with van der Waals surface area (Å²) in [6.07, 6.45) is 0. The Kier molecular flexibility index (Phi) is 5.35. The average molecular weight is 623 g/mol. The number of nitrogens with zero attached hydrogens (tertiary/aromatic N) is 4. The van der Waals surface area contributed by atoms with Crippen molar-refractivity contribution in [3.8, 4) is 39.9 Å². The Balaban J connectivity index is 1.23. The molecule has 0 amide bonds. The van der Waals surface area contributed by atoms with Gasteiger partial charge in [0.05, 0.1) is 11.0 Å². The van der Waals surface area contributed by atoms with E-state index in [2.05, 4.69) is 138 Å². The maximum absolute atomic E-state index is 5.23. The highest BCUT2D eigenvalue weighted by Gasteiger charge is 2.25. The number of hydrogen-bond donors (Lipinski definition) is 0. The van der Waals surface area contributed by atoms with Crippen LogP contribution in [0, 0.1) is 0 Å². The fourth-order valence-electron chi connectivity index (χ4n) is 8.05. The summed E-state index contributed by atoms with van der Waals surface area (Å²) in [6.45, 7) is 0. The molecule has 0 saturated heterocycles. The lowest BCUT2D eigenvalue weighted by molar-refractivity contribution is 0.954. The molecule has 0 unspecified atom stereocenters. The van der Waals surface area contributed by atoms with E-state index >= 15 is 0 Å². The molecular formula is C45H26N4. The van der Waals surface area contributed by atoms with Crippen molar-refractivity contribution in [2.45, 2.75) is 0 Å². The lowest BCUT2D eigenvalue weighted by Crippen LogP contribution is -2.06. The van der Waals surface area contributed by atoms with Crippen LogP contribution in [0.3, 0.4) is 0 Å². The Labute approximate surface area is 281 Å². The van der Waals surface area contributed by atoms with Gasteiger partial charge in [0.2, 0.25) is 5.95 Å². The molecule has 11 aromatic rings. The third kappa shape index (κ3) is 3.71. The summed E-state index contributed by atoms with van der Waals surface area (Å²) < 4.78 is 2.25. The summed E-state index contributed by atoms with van der Waals surface area (Å²) in [5.74, 6) is 1.89. The highest BCUT2D eigenvalue weighted by molar-refractivity contribution is 6.44. The summed E-state index contributed by atoms with van der Waals surface area (Å²) >= 11 is 0. The molecule has 0 atom stereocenters. The first kappa shape index (κ1) is 26.4. The maximum Gasteiger partial charge on any atom is 0.238 e. The standard InChI is InChI=1S/C45H26N4/c1-3-11-27(12-4-1)28-21-23-30(24-22-28)44-46-43(29-13-5-2-6-14-29)47-45(48-44)49-37-20-10-19-35-34-18-9-17-33-31-15-7-8-16-32(31)36-25-26-38(49)42(40(35)37)41(36)39(33)34/h1-26H. The van der Waals surface area contributed by atoms with Gasteiger partial charge in [-0.1, -0.05) is 146 Å². The van der Waals surface area contributed by atoms with E-state index in [1.54, 1.807) is 0 Å². The van der Waals surface area contributed by atoms with Gasteiger partial charge in [0, 0.05) is 27.3 Å². The molecule has 4 nitrogen and oxygen atoms in total. The quantitative estimate of drug-likeness (QED) is 0.145. The second-order valence-electron chi connectivity index (χ2n) is 12.8. The van der Waals surface area contributed by atoms with Crippen LogP contribution in [0.25, 0.3) is 105 Å². The van der Waals surface area contributed by atoms with Gasteiger partial charge < -0.3 is 0 Å². The third-order valence-electron chi connectivity index (χ3n) is 10.2. The summed E-state index contributed by atoms with van der Waals surface area (Å²) in [5, 5.41) is 12.8. The van der Waals surface area contributed by atoms with Gasteiger partial charge in [-0.2, -0.15) is 9.97 Å². The zero-order valence-electron chi connectivity index (χ0n) is 26.3. The van der Waals surface area contributed by atoms with E-state index in [1.807, 2.05) is 24.3 Å². The first-order chi connectivity index (χ1) is 24.3. The van der Waals surface area contributed by atoms with Gasteiger partial charge in [0.1, 0.15) is 0 Å². The topological polar surface area (TPSA) is 43.6 Å². The minimum absolute atomic E-state index is 0.607. The third-order valence-corrected chi connectivity index (χ3v) is 10.2. The maximum atomic E-state index is 5.23. The molecule has 0 aliphatic carbocycles. The van der Waals surface area contributed by atoms with E-state index < -0.39 is 0 Å². The Morgan fingerprint density at radius 1 is 0.286 bits per heavy atom. The van der Waals surface area contributed by atoms with Gasteiger partial charge in [0.25, 0.3) is 0 Å². The van der Waals surface area contributed by atoms with Gasteiger partial charge in [-0.15, -0.1) is 0 Å².